The van der Waals surface area contributed by atoms with E-state index in [-0.39, 0.29) is 54.0 Å². The third kappa shape index (κ3) is 3.46. The molecule has 2 aromatic heterocycles. The maximum atomic E-state index is 15.0. The Morgan fingerprint density at radius 3 is 2.84 bits per heavy atom. The van der Waals surface area contributed by atoms with Gasteiger partial charge in [-0.2, -0.15) is 11.8 Å². The molecule has 10 heteroatoms. The van der Waals surface area contributed by atoms with Gasteiger partial charge in [0.15, 0.2) is 5.60 Å². The van der Waals surface area contributed by atoms with Crippen LogP contribution in [-0.4, -0.2) is 38.5 Å². The molecule has 198 valence electrons. The molecule has 0 radical (unpaired) electrons. The zero-order valence-electron chi connectivity index (χ0n) is 21.4. The van der Waals surface area contributed by atoms with Crippen LogP contribution in [0.25, 0.3) is 22.3 Å². The Morgan fingerprint density at radius 1 is 1.32 bits per heavy atom. The minimum Gasteiger partial charge on any atom is -0.458 e. The zero-order chi connectivity index (χ0) is 26.9. The van der Waals surface area contributed by atoms with Crippen LogP contribution in [0.2, 0.25) is 0 Å². The van der Waals surface area contributed by atoms with E-state index in [2.05, 4.69) is 5.32 Å². The number of ether oxygens (including phenoxy) is 1. The summed E-state index contributed by atoms with van der Waals surface area (Å²) in [5, 5.41) is 15.2. The molecular formula is C28H28FN3O5S. The van der Waals surface area contributed by atoms with E-state index in [1.807, 2.05) is 6.26 Å². The Bertz CT molecular complexity index is 1620. The quantitative estimate of drug-likeness (QED) is 0.376. The average molecular weight is 538 g/mol. The first-order valence-corrected chi connectivity index (χ1v) is 14.2. The number of hydrogen-bond donors (Lipinski definition) is 2. The number of amides is 1. The van der Waals surface area contributed by atoms with Gasteiger partial charge in [-0.25, -0.2) is 14.2 Å². The number of halogens is 1. The highest BCUT2D eigenvalue weighted by atomic mass is 32.2. The van der Waals surface area contributed by atoms with Crippen LogP contribution in [0.15, 0.2) is 16.9 Å². The van der Waals surface area contributed by atoms with Gasteiger partial charge in [0.25, 0.3) is 5.56 Å². The summed E-state index contributed by atoms with van der Waals surface area (Å²) in [6.07, 6.45) is 3.59. The van der Waals surface area contributed by atoms with Crippen molar-refractivity contribution in [1.82, 2.24) is 14.9 Å². The number of aromatic nitrogens is 2. The molecule has 1 aromatic carbocycles. The van der Waals surface area contributed by atoms with Crippen LogP contribution in [0, 0.1) is 12.7 Å². The average Bonchev–Trinajstić information content (AvgIpc) is 3.27. The highest BCUT2D eigenvalue weighted by Gasteiger charge is 2.46. The molecule has 2 atom stereocenters. The Balaban J connectivity index is 1.60. The molecule has 8 nitrogen and oxygen atoms in total. The normalized spacial score (nSPS) is 21.1. The Morgan fingerprint density at radius 2 is 2.11 bits per heavy atom. The van der Waals surface area contributed by atoms with Crippen molar-refractivity contribution in [2.24, 2.45) is 0 Å². The van der Waals surface area contributed by atoms with Crippen molar-refractivity contribution < 1.29 is 23.8 Å². The van der Waals surface area contributed by atoms with Gasteiger partial charge >= 0.3 is 5.97 Å². The lowest BCUT2D eigenvalue weighted by Crippen LogP contribution is -2.44. The first-order valence-electron chi connectivity index (χ1n) is 12.8. The number of nitrogens with zero attached hydrogens (tertiary/aromatic N) is 2. The molecule has 0 saturated carbocycles. The molecule has 0 unspecified atom stereocenters. The second-order valence-electron chi connectivity index (χ2n) is 10.2. The van der Waals surface area contributed by atoms with Crippen molar-refractivity contribution in [2.75, 3.05) is 12.0 Å². The standard InChI is InChI=1S/C28H28FN3O5S/c1-4-28(36)17-9-21-25-15(11-32(21)26(34)16(17)12-37-27(28)35)24-19(30-22(33)7-8-38-3)6-5-14-13(2)18(29)10-20(31-25)23(14)24/h9-10,19,36H,4-8,11-12H2,1-3H3,(H,30,33)/t19-,28-/m0/s1. The Hall–Kier alpha value is -3.24. The van der Waals surface area contributed by atoms with Crippen LogP contribution in [0.4, 0.5) is 4.39 Å². The number of rotatable bonds is 5. The third-order valence-electron chi connectivity index (χ3n) is 8.25. The van der Waals surface area contributed by atoms with Gasteiger partial charge in [-0.15, -0.1) is 0 Å². The molecular weight excluding hydrogens is 509 g/mol. The van der Waals surface area contributed by atoms with E-state index >= 15 is 0 Å². The first-order chi connectivity index (χ1) is 18.2. The molecule has 6 rings (SSSR count). The fourth-order valence-electron chi connectivity index (χ4n) is 6.16. The summed E-state index contributed by atoms with van der Waals surface area (Å²) >= 11 is 1.60. The van der Waals surface area contributed by atoms with Gasteiger partial charge in [-0.05, 0) is 55.2 Å². The third-order valence-corrected chi connectivity index (χ3v) is 8.86. The van der Waals surface area contributed by atoms with E-state index in [0.717, 1.165) is 22.1 Å². The number of carbonyl (C=O) groups excluding carboxylic acids is 2. The minimum absolute atomic E-state index is 0.0446. The van der Waals surface area contributed by atoms with Crippen molar-refractivity contribution in [3.8, 4) is 11.4 Å². The molecule has 0 bridgehead atoms. The summed E-state index contributed by atoms with van der Waals surface area (Å²) in [5.74, 6) is -0.488. The number of fused-ring (bicyclic) bond motifs is 5. The smallest absolute Gasteiger partial charge is 0.343 e. The lowest BCUT2D eigenvalue weighted by atomic mass is 9.81. The van der Waals surface area contributed by atoms with Crippen LogP contribution in [0.3, 0.4) is 0 Å². The largest absolute Gasteiger partial charge is 0.458 e. The summed E-state index contributed by atoms with van der Waals surface area (Å²) in [6, 6.07) is 2.76. The molecule has 3 aromatic rings. The molecule has 1 amide bonds. The van der Waals surface area contributed by atoms with E-state index in [9.17, 15) is 23.9 Å². The van der Waals surface area contributed by atoms with E-state index < -0.39 is 11.6 Å². The summed E-state index contributed by atoms with van der Waals surface area (Å²) in [7, 11) is 0. The SMILES string of the molecule is CC[C@@]1(O)C(=O)OCc2c1cc1n(c2=O)Cc2c-1nc1cc(F)c(C)c3c1c2[C@@H](NC(=O)CCSC)CC3. The molecule has 1 aliphatic carbocycles. The van der Waals surface area contributed by atoms with E-state index in [1.165, 1.54) is 6.07 Å². The number of cyclic esters (lactones) is 1. The molecule has 2 N–H and O–H groups in total. The fraction of sp³-hybridized carbons (Fsp3) is 0.429. The van der Waals surface area contributed by atoms with Crippen molar-refractivity contribution in [3.63, 3.8) is 0 Å². The number of hydrogen-bond acceptors (Lipinski definition) is 7. The van der Waals surface area contributed by atoms with Crippen LogP contribution >= 0.6 is 11.8 Å². The molecule has 4 heterocycles. The molecule has 2 aliphatic heterocycles. The number of benzene rings is 1. The monoisotopic (exact) mass is 537 g/mol. The maximum absolute atomic E-state index is 15.0. The van der Waals surface area contributed by atoms with Gasteiger partial charge in [0.05, 0.1) is 35.1 Å². The summed E-state index contributed by atoms with van der Waals surface area (Å²) in [6.45, 7) is 3.42. The number of aliphatic hydroxyl groups is 1. The second-order valence-corrected chi connectivity index (χ2v) is 11.2. The van der Waals surface area contributed by atoms with Crippen molar-refractivity contribution >= 4 is 34.5 Å². The first kappa shape index (κ1) is 25.1. The van der Waals surface area contributed by atoms with Gasteiger partial charge in [-0.1, -0.05) is 6.92 Å². The molecule has 0 saturated heterocycles. The van der Waals surface area contributed by atoms with Gasteiger partial charge < -0.3 is 19.7 Å². The second kappa shape index (κ2) is 8.91. The Kier molecular flexibility index (Phi) is 5.88. The van der Waals surface area contributed by atoms with Gasteiger partial charge in [0, 0.05) is 34.8 Å². The van der Waals surface area contributed by atoms with Crippen molar-refractivity contribution in [2.45, 2.75) is 64.3 Å². The number of carbonyl (C=O) groups is 2. The fourth-order valence-corrected chi connectivity index (χ4v) is 6.55. The maximum Gasteiger partial charge on any atom is 0.343 e. The highest BCUT2D eigenvalue weighted by molar-refractivity contribution is 7.98. The van der Waals surface area contributed by atoms with Gasteiger partial charge in [-0.3, -0.25) is 9.59 Å². The van der Waals surface area contributed by atoms with Gasteiger partial charge in [0.2, 0.25) is 5.91 Å². The summed E-state index contributed by atoms with van der Waals surface area (Å²) < 4.78 is 21.7. The predicted molar refractivity (Wildman–Crippen MR) is 141 cm³/mol. The number of pyridine rings is 2. The van der Waals surface area contributed by atoms with Gasteiger partial charge in [0.1, 0.15) is 12.4 Å². The summed E-state index contributed by atoms with van der Waals surface area (Å²) in [4.78, 5) is 43.8. The number of thioether (sulfide) groups is 1. The van der Waals surface area contributed by atoms with Crippen LogP contribution in [0.5, 0.6) is 0 Å². The van der Waals surface area contributed by atoms with E-state index in [0.29, 0.717) is 47.5 Å². The molecule has 38 heavy (non-hydrogen) atoms. The lowest BCUT2D eigenvalue weighted by Gasteiger charge is -2.31. The number of nitrogens with one attached hydrogen (secondary N) is 1. The number of aryl methyl sites for hydroxylation is 1. The molecule has 3 aliphatic rings. The topological polar surface area (TPSA) is 111 Å². The van der Waals surface area contributed by atoms with Crippen LogP contribution < -0.4 is 10.9 Å². The predicted octanol–water partition coefficient (Wildman–Crippen LogP) is 3.38. The van der Waals surface area contributed by atoms with Crippen LogP contribution in [0.1, 0.15) is 65.6 Å². The van der Waals surface area contributed by atoms with Crippen molar-refractivity contribution in [3.05, 3.63) is 61.7 Å². The van der Waals surface area contributed by atoms with Crippen molar-refractivity contribution in [1.29, 1.82) is 0 Å². The lowest BCUT2D eigenvalue weighted by molar-refractivity contribution is -0.172. The molecule has 0 spiro atoms. The van der Waals surface area contributed by atoms with E-state index in [1.54, 1.807) is 36.2 Å². The summed E-state index contributed by atoms with van der Waals surface area (Å²) in [5.41, 5.74) is 2.72. The minimum atomic E-state index is -1.93. The molecule has 0 fully saturated rings. The van der Waals surface area contributed by atoms with E-state index in [4.69, 9.17) is 9.72 Å². The zero-order valence-corrected chi connectivity index (χ0v) is 22.3. The highest BCUT2D eigenvalue weighted by Crippen LogP contribution is 2.45. The number of esters is 1. The Labute approximate surface area is 222 Å². The van der Waals surface area contributed by atoms with Crippen LogP contribution in [-0.2, 0) is 39.5 Å².